The molecule has 0 saturated heterocycles. The quantitative estimate of drug-likeness (QED) is 0.205. The number of nitrogens with two attached hydrogens (primary N) is 1. The standard InChI is InChI=1S/C28H27N5O4S/c29-18-38(34,35)13-12-30-16-20-14-27(36-17-20)21-6-11-26-25(15-21)28(32-19-31-26)33-22-7-9-24(10-8-22)37-23-4-2-1-3-5-23/h1-11,14-15,17,19,30H,12-13,16,18,29H2,(H,31,32,33). The highest BCUT2D eigenvalue weighted by atomic mass is 32.2. The Morgan fingerprint density at radius 1 is 0.921 bits per heavy atom. The van der Waals surface area contributed by atoms with Crippen LogP contribution in [0.4, 0.5) is 11.5 Å². The first kappa shape index (κ1) is 25.4. The fourth-order valence-corrected chi connectivity index (χ4v) is 4.46. The first-order valence-corrected chi connectivity index (χ1v) is 13.8. The van der Waals surface area contributed by atoms with Gasteiger partial charge in [0.15, 0.2) is 9.84 Å². The van der Waals surface area contributed by atoms with E-state index in [-0.39, 0.29) is 11.6 Å². The first-order chi connectivity index (χ1) is 18.5. The minimum Gasteiger partial charge on any atom is -0.464 e. The maximum Gasteiger partial charge on any atom is 0.164 e. The summed E-state index contributed by atoms with van der Waals surface area (Å²) >= 11 is 0. The van der Waals surface area contributed by atoms with Crippen molar-refractivity contribution < 1.29 is 17.6 Å². The van der Waals surface area contributed by atoms with Gasteiger partial charge in [0, 0.05) is 35.3 Å². The monoisotopic (exact) mass is 529 g/mol. The molecule has 3 aromatic carbocycles. The molecule has 0 aliphatic heterocycles. The lowest BCUT2D eigenvalue weighted by Gasteiger charge is -2.10. The number of aromatic nitrogens is 2. The smallest absolute Gasteiger partial charge is 0.164 e. The Morgan fingerprint density at radius 2 is 1.71 bits per heavy atom. The Labute approximate surface area is 220 Å². The number of ether oxygens (including phenoxy) is 1. The summed E-state index contributed by atoms with van der Waals surface area (Å²) in [5.74, 6) is 2.52. The molecule has 0 fully saturated rings. The van der Waals surface area contributed by atoms with Crippen LogP contribution in [0.3, 0.4) is 0 Å². The number of nitrogens with zero attached hydrogens (tertiary/aromatic N) is 2. The van der Waals surface area contributed by atoms with Gasteiger partial charge in [0.1, 0.15) is 29.4 Å². The molecule has 0 amide bonds. The van der Waals surface area contributed by atoms with Gasteiger partial charge in [-0.25, -0.2) is 18.4 Å². The van der Waals surface area contributed by atoms with Crippen molar-refractivity contribution in [3.8, 4) is 22.8 Å². The van der Waals surface area contributed by atoms with Crippen molar-refractivity contribution in [1.82, 2.24) is 15.3 Å². The molecule has 0 aliphatic carbocycles. The zero-order valence-corrected chi connectivity index (χ0v) is 21.3. The van der Waals surface area contributed by atoms with E-state index >= 15 is 0 Å². The number of fused-ring (bicyclic) bond motifs is 1. The molecular weight excluding hydrogens is 502 g/mol. The average Bonchev–Trinajstić information content (AvgIpc) is 3.42. The van der Waals surface area contributed by atoms with Crippen LogP contribution in [0.25, 0.3) is 22.2 Å². The van der Waals surface area contributed by atoms with Gasteiger partial charge in [0.25, 0.3) is 0 Å². The van der Waals surface area contributed by atoms with Crippen molar-refractivity contribution in [3.05, 3.63) is 97.0 Å². The lowest BCUT2D eigenvalue weighted by Crippen LogP contribution is -2.26. The molecule has 9 nitrogen and oxygen atoms in total. The summed E-state index contributed by atoms with van der Waals surface area (Å²) in [6, 6.07) is 25.0. The molecule has 2 heterocycles. The third kappa shape index (κ3) is 6.35. The van der Waals surface area contributed by atoms with E-state index in [2.05, 4.69) is 20.6 Å². The predicted molar refractivity (Wildman–Crippen MR) is 148 cm³/mol. The van der Waals surface area contributed by atoms with Gasteiger partial charge >= 0.3 is 0 Å². The molecule has 10 heteroatoms. The van der Waals surface area contributed by atoms with E-state index in [9.17, 15) is 8.42 Å². The molecule has 38 heavy (non-hydrogen) atoms. The molecule has 5 rings (SSSR count). The zero-order chi connectivity index (χ0) is 26.4. The third-order valence-corrected chi connectivity index (χ3v) is 7.18. The second-order valence-electron chi connectivity index (χ2n) is 8.63. The van der Waals surface area contributed by atoms with E-state index in [4.69, 9.17) is 14.9 Å². The van der Waals surface area contributed by atoms with E-state index in [1.54, 1.807) is 6.26 Å². The van der Waals surface area contributed by atoms with Crippen LogP contribution in [0.2, 0.25) is 0 Å². The van der Waals surface area contributed by atoms with Gasteiger partial charge in [0.2, 0.25) is 0 Å². The van der Waals surface area contributed by atoms with Gasteiger partial charge in [-0.3, -0.25) is 0 Å². The summed E-state index contributed by atoms with van der Waals surface area (Å²) < 4.78 is 34.7. The number of para-hydroxylation sites is 1. The molecule has 0 unspecified atom stereocenters. The normalized spacial score (nSPS) is 11.5. The fourth-order valence-electron chi connectivity index (χ4n) is 3.84. The van der Waals surface area contributed by atoms with Gasteiger partial charge in [-0.2, -0.15) is 0 Å². The summed E-state index contributed by atoms with van der Waals surface area (Å²) in [4.78, 5) is 8.85. The number of nitrogens with one attached hydrogen (secondary N) is 2. The molecule has 4 N–H and O–H groups in total. The highest BCUT2D eigenvalue weighted by Crippen LogP contribution is 2.30. The van der Waals surface area contributed by atoms with E-state index in [1.165, 1.54) is 6.33 Å². The van der Waals surface area contributed by atoms with Crippen LogP contribution in [0.1, 0.15) is 5.56 Å². The van der Waals surface area contributed by atoms with Crippen LogP contribution in [0.5, 0.6) is 11.5 Å². The van der Waals surface area contributed by atoms with Crippen molar-refractivity contribution >= 4 is 32.2 Å². The van der Waals surface area contributed by atoms with Crippen molar-refractivity contribution in [2.75, 3.05) is 23.5 Å². The number of furan rings is 1. The Bertz CT molecular complexity index is 1620. The number of benzene rings is 3. The van der Waals surface area contributed by atoms with Crippen LogP contribution < -0.4 is 21.1 Å². The van der Waals surface area contributed by atoms with Gasteiger partial charge in [0.05, 0.1) is 23.4 Å². The summed E-state index contributed by atoms with van der Waals surface area (Å²) in [5.41, 5.74) is 8.68. The molecular formula is C28H27N5O4S. The van der Waals surface area contributed by atoms with Gasteiger partial charge in [-0.1, -0.05) is 18.2 Å². The molecule has 0 bridgehead atoms. The molecule has 5 aromatic rings. The average molecular weight is 530 g/mol. The van der Waals surface area contributed by atoms with Gasteiger partial charge in [-0.05, 0) is 60.7 Å². The Morgan fingerprint density at radius 3 is 2.50 bits per heavy atom. The SMILES string of the molecule is NCS(=O)(=O)CCNCc1coc(-c2ccc3ncnc(Nc4ccc(Oc5ccccc5)cc4)c3c2)c1. The summed E-state index contributed by atoms with van der Waals surface area (Å²) in [5, 5.41) is 7.32. The maximum atomic E-state index is 11.5. The fraction of sp³-hybridized carbons (Fsp3) is 0.143. The summed E-state index contributed by atoms with van der Waals surface area (Å²) in [6.45, 7) is 0.804. The van der Waals surface area contributed by atoms with Crippen molar-refractivity contribution in [1.29, 1.82) is 0 Å². The van der Waals surface area contributed by atoms with Gasteiger partial charge < -0.3 is 25.5 Å². The predicted octanol–water partition coefficient (Wildman–Crippen LogP) is 4.85. The molecule has 0 atom stereocenters. The van der Waals surface area contributed by atoms with Crippen LogP contribution >= 0.6 is 0 Å². The second-order valence-corrected chi connectivity index (χ2v) is 10.9. The Kier molecular flexibility index (Phi) is 7.64. The second kappa shape index (κ2) is 11.4. The molecule has 2 aromatic heterocycles. The largest absolute Gasteiger partial charge is 0.464 e. The highest BCUT2D eigenvalue weighted by molar-refractivity contribution is 7.91. The lowest BCUT2D eigenvalue weighted by molar-refractivity contribution is 0.483. The highest BCUT2D eigenvalue weighted by Gasteiger charge is 2.11. The molecule has 0 radical (unpaired) electrons. The lowest BCUT2D eigenvalue weighted by atomic mass is 10.1. The van der Waals surface area contributed by atoms with E-state index in [1.807, 2.05) is 78.9 Å². The topological polar surface area (TPSA) is 132 Å². The van der Waals surface area contributed by atoms with Crippen LogP contribution in [-0.4, -0.2) is 36.6 Å². The van der Waals surface area contributed by atoms with E-state index in [0.717, 1.165) is 39.2 Å². The number of anilines is 2. The van der Waals surface area contributed by atoms with E-state index < -0.39 is 9.84 Å². The number of sulfone groups is 1. The van der Waals surface area contributed by atoms with Crippen molar-refractivity contribution in [2.45, 2.75) is 6.54 Å². The van der Waals surface area contributed by atoms with Crippen LogP contribution in [0, 0.1) is 0 Å². The Balaban J connectivity index is 1.28. The van der Waals surface area contributed by atoms with Crippen molar-refractivity contribution in [2.24, 2.45) is 5.73 Å². The molecule has 0 aliphatic rings. The van der Waals surface area contributed by atoms with E-state index in [0.29, 0.717) is 24.7 Å². The molecule has 194 valence electrons. The first-order valence-electron chi connectivity index (χ1n) is 12.0. The van der Waals surface area contributed by atoms with Crippen molar-refractivity contribution in [3.63, 3.8) is 0 Å². The molecule has 0 saturated carbocycles. The molecule has 0 spiro atoms. The number of hydrogen-bond acceptors (Lipinski definition) is 9. The summed E-state index contributed by atoms with van der Waals surface area (Å²) in [6.07, 6.45) is 3.18. The van der Waals surface area contributed by atoms with Crippen LogP contribution in [-0.2, 0) is 16.4 Å². The zero-order valence-electron chi connectivity index (χ0n) is 20.5. The summed E-state index contributed by atoms with van der Waals surface area (Å²) in [7, 11) is -3.21. The maximum absolute atomic E-state index is 11.5. The third-order valence-electron chi connectivity index (χ3n) is 5.84. The van der Waals surface area contributed by atoms with Gasteiger partial charge in [-0.15, -0.1) is 0 Å². The number of hydrogen-bond donors (Lipinski definition) is 3. The minimum atomic E-state index is -3.21. The van der Waals surface area contributed by atoms with Crippen LogP contribution in [0.15, 0.2) is 95.9 Å². The Hall–Kier alpha value is -4.25. The number of rotatable bonds is 11. The minimum absolute atomic E-state index is 0.00254.